The fraction of sp³-hybridized carbons (Fsp3) is 0.400. The first-order valence-electron chi connectivity index (χ1n) is 8.77. The maximum Gasteiger partial charge on any atom is 0.238 e. The first-order chi connectivity index (χ1) is 11.8. The van der Waals surface area contributed by atoms with E-state index in [4.69, 9.17) is 0 Å². The Morgan fingerprint density at radius 2 is 1.92 bits per heavy atom. The highest BCUT2D eigenvalue weighted by Crippen LogP contribution is 2.26. The topological polar surface area (TPSA) is 45.2 Å². The zero-order chi connectivity index (χ0) is 16.8. The van der Waals surface area contributed by atoms with Crippen molar-refractivity contribution in [3.05, 3.63) is 59.9 Å². The molecule has 0 aliphatic carbocycles. The zero-order valence-corrected chi connectivity index (χ0v) is 14.2. The lowest BCUT2D eigenvalue weighted by Gasteiger charge is -2.31. The number of carbonyl (C=O) groups excluding carboxylic acids is 1. The second-order valence-electron chi connectivity index (χ2n) is 6.36. The van der Waals surface area contributed by atoms with Crippen molar-refractivity contribution in [1.29, 1.82) is 0 Å². The van der Waals surface area contributed by atoms with Crippen LogP contribution < -0.4 is 5.32 Å². The highest BCUT2D eigenvalue weighted by Gasteiger charge is 2.22. The number of rotatable bonds is 5. The summed E-state index contributed by atoms with van der Waals surface area (Å²) in [5.74, 6) is 0.596. The Bertz CT molecular complexity index is 664. The molecule has 24 heavy (non-hydrogen) atoms. The van der Waals surface area contributed by atoms with Crippen LogP contribution in [0.25, 0.3) is 0 Å². The van der Waals surface area contributed by atoms with Crippen molar-refractivity contribution in [3.8, 4) is 0 Å². The Kier molecular flexibility index (Phi) is 5.59. The number of aromatic nitrogens is 1. The second kappa shape index (κ2) is 8.06. The van der Waals surface area contributed by atoms with Gasteiger partial charge in [-0.1, -0.05) is 31.2 Å². The molecule has 1 amide bonds. The normalized spacial score (nSPS) is 16.0. The molecule has 1 aromatic carbocycles. The molecule has 0 unspecified atom stereocenters. The van der Waals surface area contributed by atoms with Crippen LogP contribution in [0.4, 0.5) is 5.69 Å². The molecule has 0 bridgehead atoms. The molecule has 1 fully saturated rings. The summed E-state index contributed by atoms with van der Waals surface area (Å²) in [6, 6.07) is 14.1. The van der Waals surface area contributed by atoms with Crippen LogP contribution in [0.15, 0.2) is 48.7 Å². The standard InChI is InChI=1S/C20H25N3O/c1-2-16-7-3-4-9-19(16)22-20(24)15-23-13-10-17(11-14-23)18-8-5-6-12-21-18/h3-9,12,17H,2,10-11,13-15H2,1H3,(H,22,24). The molecule has 3 rings (SSSR count). The molecule has 0 saturated carbocycles. The molecule has 2 aromatic rings. The average molecular weight is 323 g/mol. The van der Waals surface area contributed by atoms with E-state index in [9.17, 15) is 4.79 Å². The smallest absolute Gasteiger partial charge is 0.238 e. The number of nitrogens with zero attached hydrogens (tertiary/aromatic N) is 2. The van der Waals surface area contributed by atoms with Crippen molar-refractivity contribution in [2.45, 2.75) is 32.1 Å². The van der Waals surface area contributed by atoms with Crippen molar-refractivity contribution in [2.24, 2.45) is 0 Å². The number of anilines is 1. The number of nitrogens with one attached hydrogen (secondary N) is 1. The molecule has 126 valence electrons. The SMILES string of the molecule is CCc1ccccc1NC(=O)CN1CCC(c2ccccn2)CC1. The van der Waals surface area contributed by atoms with Crippen LogP contribution in [-0.4, -0.2) is 35.4 Å². The van der Waals surface area contributed by atoms with Crippen molar-refractivity contribution in [1.82, 2.24) is 9.88 Å². The molecule has 0 spiro atoms. The molecule has 2 heterocycles. The monoisotopic (exact) mass is 323 g/mol. The number of aryl methyl sites for hydroxylation is 1. The predicted molar refractivity (Wildman–Crippen MR) is 97.1 cm³/mol. The Balaban J connectivity index is 1.50. The van der Waals surface area contributed by atoms with E-state index in [1.807, 2.05) is 36.5 Å². The predicted octanol–water partition coefficient (Wildman–Crippen LogP) is 3.46. The number of carbonyl (C=O) groups is 1. The molecular formula is C20H25N3O. The summed E-state index contributed by atoms with van der Waals surface area (Å²) in [5.41, 5.74) is 3.30. The molecule has 1 aliphatic rings. The van der Waals surface area contributed by atoms with Crippen LogP contribution in [0, 0.1) is 0 Å². The van der Waals surface area contributed by atoms with E-state index in [2.05, 4.69) is 34.3 Å². The van der Waals surface area contributed by atoms with E-state index in [0.29, 0.717) is 12.5 Å². The van der Waals surface area contributed by atoms with Crippen molar-refractivity contribution < 1.29 is 4.79 Å². The number of benzene rings is 1. The van der Waals surface area contributed by atoms with Crippen LogP contribution in [0.1, 0.15) is 36.9 Å². The lowest BCUT2D eigenvalue weighted by Crippen LogP contribution is -2.39. The third-order valence-electron chi connectivity index (χ3n) is 4.73. The largest absolute Gasteiger partial charge is 0.325 e. The highest BCUT2D eigenvalue weighted by molar-refractivity contribution is 5.93. The number of likely N-dealkylation sites (tertiary alicyclic amines) is 1. The van der Waals surface area contributed by atoms with Gasteiger partial charge >= 0.3 is 0 Å². The number of hydrogen-bond donors (Lipinski definition) is 1. The third-order valence-corrected chi connectivity index (χ3v) is 4.73. The van der Waals surface area contributed by atoms with Gasteiger partial charge in [0.05, 0.1) is 6.54 Å². The summed E-state index contributed by atoms with van der Waals surface area (Å²) in [4.78, 5) is 19.0. The summed E-state index contributed by atoms with van der Waals surface area (Å²) in [5, 5.41) is 3.06. The summed E-state index contributed by atoms with van der Waals surface area (Å²) in [6.45, 7) is 4.47. The number of para-hydroxylation sites is 1. The maximum absolute atomic E-state index is 12.3. The van der Waals surface area contributed by atoms with Gasteiger partial charge in [0.25, 0.3) is 0 Å². The van der Waals surface area contributed by atoms with Crippen molar-refractivity contribution in [3.63, 3.8) is 0 Å². The summed E-state index contributed by atoms with van der Waals surface area (Å²) in [7, 11) is 0. The van der Waals surface area contributed by atoms with E-state index in [1.54, 1.807) is 0 Å². The Morgan fingerprint density at radius 3 is 2.62 bits per heavy atom. The third kappa shape index (κ3) is 4.20. The zero-order valence-electron chi connectivity index (χ0n) is 14.2. The van der Waals surface area contributed by atoms with Crippen LogP contribution in [0.2, 0.25) is 0 Å². The van der Waals surface area contributed by atoms with Gasteiger partial charge in [0.1, 0.15) is 0 Å². The second-order valence-corrected chi connectivity index (χ2v) is 6.36. The van der Waals surface area contributed by atoms with Gasteiger partial charge in [-0.05, 0) is 56.1 Å². The Labute approximate surface area is 143 Å². The summed E-state index contributed by atoms with van der Waals surface area (Å²) >= 11 is 0. The maximum atomic E-state index is 12.3. The highest BCUT2D eigenvalue weighted by atomic mass is 16.2. The lowest BCUT2D eigenvalue weighted by atomic mass is 9.93. The fourth-order valence-electron chi connectivity index (χ4n) is 3.35. The molecule has 0 radical (unpaired) electrons. The molecule has 1 N–H and O–H groups in total. The summed E-state index contributed by atoms with van der Waals surface area (Å²) < 4.78 is 0. The van der Waals surface area contributed by atoms with Gasteiger partial charge in [0, 0.05) is 23.5 Å². The van der Waals surface area contributed by atoms with Crippen LogP contribution in [0.3, 0.4) is 0 Å². The Hall–Kier alpha value is -2.20. The Morgan fingerprint density at radius 1 is 1.17 bits per heavy atom. The van der Waals surface area contributed by atoms with Crippen LogP contribution in [-0.2, 0) is 11.2 Å². The number of pyridine rings is 1. The molecule has 4 nitrogen and oxygen atoms in total. The lowest BCUT2D eigenvalue weighted by molar-refractivity contribution is -0.117. The minimum Gasteiger partial charge on any atom is -0.325 e. The molecule has 1 saturated heterocycles. The molecule has 1 aromatic heterocycles. The molecule has 4 heteroatoms. The van der Waals surface area contributed by atoms with Gasteiger partial charge < -0.3 is 5.32 Å². The fourth-order valence-corrected chi connectivity index (χ4v) is 3.35. The number of piperidine rings is 1. The first-order valence-corrected chi connectivity index (χ1v) is 8.77. The van der Waals surface area contributed by atoms with Crippen molar-refractivity contribution >= 4 is 11.6 Å². The van der Waals surface area contributed by atoms with E-state index in [0.717, 1.165) is 38.0 Å². The van der Waals surface area contributed by atoms with Crippen molar-refractivity contribution in [2.75, 3.05) is 25.0 Å². The minimum atomic E-state index is 0.0761. The van der Waals surface area contributed by atoms with Gasteiger partial charge in [-0.2, -0.15) is 0 Å². The van der Waals surface area contributed by atoms with E-state index in [1.165, 1.54) is 11.3 Å². The quantitative estimate of drug-likeness (QED) is 0.916. The van der Waals surface area contributed by atoms with Gasteiger partial charge in [-0.3, -0.25) is 14.7 Å². The number of amides is 1. The van der Waals surface area contributed by atoms with E-state index in [-0.39, 0.29) is 5.91 Å². The van der Waals surface area contributed by atoms with Gasteiger partial charge in [-0.25, -0.2) is 0 Å². The van der Waals surface area contributed by atoms with Gasteiger partial charge in [0.15, 0.2) is 0 Å². The van der Waals surface area contributed by atoms with Gasteiger partial charge in [0.2, 0.25) is 5.91 Å². The van der Waals surface area contributed by atoms with E-state index < -0.39 is 0 Å². The minimum absolute atomic E-state index is 0.0761. The number of hydrogen-bond acceptors (Lipinski definition) is 3. The molecule has 1 aliphatic heterocycles. The van der Waals surface area contributed by atoms with Crippen LogP contribution >= 0.6 is 0 Å². The molecular weight excluding hydrogens is 298 g/mol. The molecule has 0 atom stereocenters. The van der Waals surface area contributed by atoms with E-state index >= 15 is 0 Å². The summed E-state index contributed by atoms with van der Waals surface area (Å²) in [6.07, 6.45) is 4.91. The van der Waals surface area contributed by atoms with Gasteiger partial charge in [-0.15, -0.1) is 0 Å². The van der Waals surface area contributed by atoms with Crippen LogP contribution in [0.5, 0.6) is 0 Å². The first kappa shape index (κ1) is 16.7. The average Bonchev–Trinajstić information content (AvgIpc) is 2.63.